The second kappa shape index (κ2) is 7.21. The van der Waals surface area contributed by atoms with Crippen molar-refractivity contribution < 1.29 is 13.2 Å². The van der Waals surface area contributed by atoms with Crippen molar-refractivity contribution in [3.05, 3.63) is 66.5 Å². The fraction of sp³-hybridized carbons (Fsp3) is 0.200. The molecule has 0 saturated carbocycles. The molecule has 1 saturated heterocycles. The Morgan fingerprint density at radius 1 is 0.929 bits per heavy atom. The van der Waals surface area contributed by atoms with Gasteiger partial charge in [-0.05, 0) is 35.0 Å². The van der Waals surface area contributed by atoms with E-state index in [1.165, 1.54) is 10.5 Å². The maximum Gasteiger partial charge on any atom is 0.267 e. The number of nitrogens with zero attached hydrogens (tertiary/aromatic N) is 3. The summed E-state index contributed by atoms with van der Waals surface area (Å²) < 4.78 is 27.6. The number of primary amides is 1. The van der Waals surface area contributed by atoms with Crippen LogP contribution in [0.1, 0.15) is 10.5 Å². The van der Waals surface area contributed by atoms with E-state index in [2.05, 4.69) is 4.98 Å². The van der Waals surface area contributed by atoms with Crippen LogP contribution in [-0.2, 0) is 10.0 Å². The van der Waals surface area contributed by atoms with Crippen LogP contribution in [-0.4, -0.2) is 49.8 Å². The molecule has 0 radical (unpaired) electrons. The second-order valence-corrected chi connectivity index (χ2v) is 8.60. The van der Waals surface area contributed by atoms with Crippen molar-refractivity contribution in [3.8, 4) is 0 Å². The van der Waals surface area contributed by atoms with Gasteiger partial charge in [-0.2, -0.15) is 4.31 Å². The number of nitrogens with two attached hydrogens (primary N) is 1. The van der Waals surface area contributed by atoms with Crippen LogP contribution < -0.4 is 10.6 Å². The number of anilines is 1. The Labute approximate surface area is 163 Å². The third-order valence-electron chi connectivity index (χ3n) is 4.96. The minimum absolute atomic E-state index is 0.198. The highest BCUT2D eigenvalue weighted by Crippen LogP contribution is 2.24. The van der Waals surface area contributed by atoms with Crippen LogP contribution in [0.15, 0.2) is 65.7 Å². The Morgan fingerprint density at radius 2 is 1.64 bits per heavy atom. The molecule has 2 N–H and O–H groups in total. The Balaban J connectivity index is 1.52. The van der Waals surface area contributed by atoms with E-state index in [0.29, 0.717) is 31.1 Å². The van der Waals surface area contributed by atoms with Gasteiger partial charge in [-0.25, -0.2) is 8.42 Å². The van der Waals surface area contributed by atoms with E-state index in [0.717, 1.165) is 16.5 Å². The van der Waals surface area contributed by atoms with Crippen LogP contribution in [0.5, 0.6) is 0 Å². The molecule has 1 aliphatic heterocycles. The summed E-state index contributed by atoms with van der Waals surface area (Å²) in [4.78, 5) is 17.6. The summed E-state index contributed by atoms with van der Waals surface area (Å²) >= 11 is 0. The normalized spacial score (nSPS) is 15.6. The highest BCUT2D eigenvalue weighted by molar-refractivity contribution is 7.89. The zero-order chi connectivity index (χ0) is 19.7. The van der Waals surface area contributed by atoms with E-state index in [1.807, 2.05) is 35.2 Å². The highest BCUT2D eigenvalue weighted by atomic mass is 32.2. The summed E-state index contributed by atoms with van der Waals surface area (Å²) in [5, 5.41) is 1.91. The molecule has 7 nitrogen and oxygen atoms in total. The number of piperazine rings is 1. The molecule has 1 aliphatic rings. The lowest BCUT2D eigenvalue weighted by Gasteiger charge is -2.35. The number of aromatic nitrogens is 1. The first-order chi connectivity index (χ1) is 13.4. The van der Waals surface area contributed by atoms with Crippen molar-refractivity contribution in [2.75, 3.05) is 31.1 Å². The van der Waals surface area contributed by atoms with Crippen LogP contribution in [0.3, 0.4) is 0 Å². The topological polar surface area (TPSA) is 96.6 Å². The largest absolute Gasteiger partial charge is 0.369 e. The summed E-state index contributed by atoms with van der Waals surface area (Å²) in [7, 11) is -3.56. The number of amides is 1. The molecule has 4 rings (SSSR count). The molecule has 8 heteroatoms. The number of fused-ring (bicyclic) bond motifs is 1. The zero-order valence-electron chi connectivity index (χ0n) is 15.2. The van der Waals surface area contributed by atoms with E-state index >= 15 is 0 Å². The molecule has 144 valence electrons. The van der Waals surface area contributed by atoms with Gasteiger partial charge in [0.15, 0.2) is 0 Å². The standard InChI is InChI=1S/C20H20N4O3S/c21-20(25)19-14-17(7-8-22-19)23-9-11-24(12-10-23)28(26,27)18-6-5-15-3-1-2-4-16(15)13-18/h1-8,13-14H,9-12H2,(H2,21,25). The number of rotatable bonds is 4. The monoisotopic (exact) mass is 396 g/mol. The molecular weight excluding hydrogens is 376 g/mol. The molecule has 0 unspecified atom stereocenters. The minimum atomic E-state index is -3.56. The van der Waals surface area contributed by atoms with E-state index in [4.69, 9.17) is 5.73 Å². The van der Waals surface area contributed by atoms with Gasteiger partial charge in [0.2, 0.25) is 10.0 Å². The smallest absolute Gasteiger partial charge is 0.267 e. The van der Waals surface area contributed by atoms with Crippen molar-refractivity contribution in [3.63, 3.8) is 0 Å². The number of hydrogen-bond acceptors (Lipinski definition) is 5. The van der Waals surface area contributed by atoms with E-state index in [-0.39, 0.29) is 5.69 Å². The van der Waals surface area contributed by atoms with Crippen molar-refractivity contribution in [2.45, 2.75) is 4.90 Å². The number of benzene rings is 2. The molecule has 0 spiro atoms. The maximum atomic E-state index is 13.1. The molecule has 1 fully saturated rings. The minimum Gasteiger partial charge on any atom is -0.369 e. The summed E-state index contributed by atoms with van der Waals surface area (Å²) in [5.41, 5.74) is 6.30. The predicted molar refractivity (Wildman–Crippen MR) is 108 cm³/mol. The van der Waals surface area contributed by atoms with Gasteiger partial charge in [0, 0.05) is 38.1 Å². The maximum absolute atomic E-state index is 13.1. The van der Waals surface area contributed by atoms with Crippen molar-refractivity contribution in [1.29, 1.82) is 0 Å². The molecule has 1 aromatic heterocycles. The van der Waals surface area contributed by atoms with Crippen molar-refractivity contribution >= 4 is 32.4 Å². The first-order valence-electron chi connectivity index (χ1n) is 8.95. The van der Waals surface area contributed by atoms with Gasteiger partial charge in [-0.3, -0.25) is 9.78 Å². The van der Waals surface area contributed by atoms with Gasteiger partial charge in [0.05, 0.1) is 4.90 Å². The SMILES string of the molecule is NC(=O)c1cc(N2CCN(S(=O)(=O)c3ccc4ccccc4c3)CC2)ccn1. The van der Waals surface area contributed by atoms with E-state index in [1.54, 1.807) is 24.3 Å². The molecule has 2 heterocycles. The fourth-order valence-corrected chi connectivity index (χ4v) is 4.87. The number of pyridine rings is 1. The van der Waals surface area contributed by atoms with Gasteiger partial charge in [0.25, 0.3) is 5.91 Å². The fourth-order valence-electron chi connectivity index (χ4n) is 3.41. The zero-order valence-corrected chi connectivity index (χ0v) is 16.0. The molecule has 28 heavy (non-hydrogen) atoms. The number of carbonyl (C=O) groups is 1. The van der Waals surface area contributed by atoms with Gasteiger partial charge < -0.3 is 10.6 Å². The third kappa shape index (κ3) is 3.44. The lowest BCUT2D eigenvalue weighted by atomic mass is 10.1. The van der Waals surface area contributed by atoms with Gasteiger partial charge in [-0.1, -0.05) is 30.3 Å². The summed E-state index contributed by atoms with van der Waals surface area (Å²) in [6.45, 7) is 1.77. The van der Waals surface area contributed by atoms with Crippen LogP contribution >= 0.6 is 0 Å². The van der Waals surface area contributed by atoms with Gasteiger partial charge >= 0.3 is 0 Å². The Morgan fingerprint density at radius 3 is 2.36 bits per heavy atom. The second-order valence-electron chi connectivity index (χ2n) is 6.66. The predicted octanol–water partition coefficient (Wildman–Crippen LogP) is 1.84. The summed E-state index contributed by atoms with van der Waals surface area (Å²) in [6, 6.07) is 16.3. The summed E-state index contributed by atoms with van der Waals surface area (Å²) in [6.07, 6.45) is 1.54. The highest BCUT2D eigenvalue weighted by Gasteiger charge is 2.29. The van der Waals surface area contributed by atoms with Crippen LogP contribution in [0.4, 0.5) is 5.69 Å². The third-order valence-corrected chi connectivity index (χ3v) is 6.85. The molecule has 0 bridgehead atoms. The first-order valence-corrected chi connectivity index (χ1v) is 10.4. The Kier molecular flexibility index (Phi) is 4.74. The molecule has 0 aliphatic carbocycles. The lowest BCUT2D eigenvalue weighted by molar-refractivity contribution is 0.0995. The van der Waals surface area contributed by atoms with Gasteiger partial charge in [0.1, 0.15) is 5.69 Å². The van der Waals surface area contributed by atoms with Crippen LogP contribution in [0, 0.1) is 0 Å². The van der Waals surface area contributed by atoms with Crippen molar-refractivity contribution in [1.82, 2.24) is 9.29 Å². The number of sulfonamides is 1. The Bertz CT molecular complexity index is 1140. The van der Waals surface area contributed by atoms with Crippen molar-refractivity contribution in [2.24, 2.45) is 5.73 Å². The molecule has 1 amide bonds. The van der Waals surface area contributed by atoms with Crippen LogP contribution in [0.2, 0.25) is 0 Å². The van der Waals surface area contributed by atoms with Gasteiger partial charge in [-0.15, -0.1) is 0 Å². The molecule has 0 atom stereocenters. The first kappa shape index (κ1) is 18.4. The lowest BCUT2D eigenvalue weighted by Crippen LogP contribution is -2.48. The van der Waals surface area contributed by atoms with E-state index in [9.17, 15) is 13.2 Å². The average molecular weight is 396 g/mol. The quantitative estimate of drug-likeness (QED) is 0.726. The van der Waals surface area contributed by atoms with Crippen LogP contribution in [0.25, 0.3) is 10.8 Å². The Hall–Kier alpha value is -2.97. The number of carbonyl (C=O) groups excluding carboxylic acids is 1. The average Bonchev–Trinajstić information content (AvgIpc) is 2.73. The summed E-state index contributed by atoms with van der Waals surface area (Å²) in [5.74, 6) is -0.584. The van der Waals surface area contributed by atoms with E-state index < -0.39 is 15.9 Å². The molecule has 3 aromatic rings. The number of hydrogen-bond donors (Lipinski definition) is 1. The molecular formula is C20H20N4O3S. The molecule has 2 aromatic carbocycles.